The van der Waals surface area contributed by atoms with Gasteiger partial charge in [-0.25, -0.2) is 4.99 Å². The number of nitrogens with zero attached hydrogens (tertiary/aromatic N) is 4. The van der Waals surface area contributed by atoms with Crippen LogP contribution in [-0.4, -0.2) is 29.2 Å². The van der Waals surface area contributed by atoms with E-state index in [0.717, 1.165) is 41.3 Å². The summed E-state index contributed by atoms with van der Waals surface area (Å²) in [6, 6.07) is 15.4. The minimum atomic E-state index is 0.401. The van der Waals surface area contributed by atoms with Crippen LogP contribution in [0.4, 0.5) is 5.69 Å². The zero-order valence-electron chi connectivity index (χ0n) is 16.5. The first-order valence-corrected chi connectivity index (χ1v) is 10.4. The number of hydrogen-bond acceptors (Lipinski definition) is 5. The summed E-state index contributed by atoms with van der Waals surface area (Å²) in [6.45, 7) is 5.00. The molecule has 2 aromatic carbocycles. The summed E-state index contributed by atoms with van der Waals surface area (Å²) in [5.41, 5.74) is 3.59. The Bertz CT molecular complexity index is 1060. The van der Waals surface area contributed by atoms with Crippen molar-refractivity contribution < 1.29 is 4.74 Å². The second-order valence-corrected chi connectivity index (χ2v) is 7.71. The predicted octanol–water partition coefficient (Wildman–Crippen LogP) is 6.44. The van der Waals surface area contributed by atoms with Gasteiger partial charge < -0.3 is 9.64 Å². The van der Waals surface area contributed by atoms with E-state index in [9.17, 15) is 5.26 Å². The van der Waals surface area contributed by atoms with E-state index in [-0.39, 0.29) is 0 Å². The van der Waals surface area contributed by atoms with Crippen molar-refractivity contribution in [2.75, 3.05) is 13.6 Å². The lowest BCUT2D eigenvalue weighted by atomic mass is 10.1. The highest BCUT2D eigenvalue weighted by atomic mass is 35.5. The van der Waals surface area contributed by atoms with Crippen LogP contribution in [0.15, 0.2) is 47.5 Å². The molecule has 0 radical (unpaired) electrons. The molecule has 0 spiro atoms. The van der Waals surface area contributed by atoms with E-state index in [0.29, 0.717) is 27.1 Å². The van der Waals surface area contributed by atoms with E-state index in [1.807, 2.05) is 55.3 Å². The minimum Gasteiger partial charge on any atom is -0.442 e. The van der Waals surface area contributed by atoms with Crippen LogP contribution in [0.3, 0.4) is 0 Å². The third-order valence-corrected chi connectivity index (χ3v) is 5.27. The molecule has 0 saturated heterocycles. The zero-order valence-corrected chi connectivity index (χ0v) is 18.1. The lowest BCUT2D eigenvalue weighted by Gasteiger charge is -2.12. The van der Waals surface area contributed by atoms with Crippen molar-refractivity contribution in [2.24, 2.45) is 4.99 Å². The topological polar surface area (TPSA) is 61.5 Å². The molecule has 0 aliphatic rings. The number of aromatic nitrogens is 1. The number of halogens is 1. The van der Waals surface area contributed by atoms with E-state index in [4.69, 9.17) is 16.3 Å². The first-order valence-electron chi connectivity index (χ1n) is 9.21. The minimum absolute atomic E-state index is 0.401. The summed E-state index contributed by atoms with van der Waals surface area (Å²) in [4.78, 5) is 6.54. The Balaban J connectivity index is 1.87. The molecule has 1 aromatic heterocycles. The fourth-order valence-corrected chi connectivity index (χ4v) is 3.70. The van der Waals surface area contributed by atoms with Crippen molar-refractivity contribution in [1.29, 1.82) is 5.26 Å². The molecule has 29 heavy (non-hydrogen) atoms. The molecule has 1 heterocycles. The highest BCUT2D eigenvalue weighted by Gasteiger charge is 2.18. The third kappa shape index (κ3) is 4.94. The number of hydrogen-bond donors (Lipinski definition) is 0. The van der Waals surface area contributed by atoms with Crippen LogP contribution in [0.2, 0.25) is 5.02 Å². The van der Waals surface area contributed by atoms with Crippen LogP contribution in [0.5, 0.6) is 10.8 Å². The summed E-state index contributed by atoms with van der Waals surface area (Å²) in [5, 5.41) is 10.5. The van der Waals surface area contributed by atoms with Crippen LogP contribution in [-0.2, 0) is 0 Å². The van der Waals surface area contributed by atoms with Gasteiger partial charge in [0, 0.05) is 30.7 Å². The van der Waals surface area contributed by atoms with E-state index in [2.05, 4.69) is 22.4 Å². The molecule has 0 atom stereocenters. The average molecular weight is 425 g/mol. The lowest BCUT2D eigenvalue weighted by Crippen LogP contribution is -2.16. The van der Waals surface area contributed by atoms with Gasteiger partial charge in [-0.3, -0.25) is 0 Å². The monoisotopic (exact) mass is 424 g/mol. The molecule has 0 amide bonds. The van der Waals surface area contributed by atoms with Crippen LogP contribution in [0.25, 0.3) is 11.3 Å². The molecule has 5 nitrogen and oxygen atoms in total. The summed E-state index contributed by atoms with van der Waals surface area (Å²) in [6.07, 6.45) is 2.85. The smallest absolute Gasteiger partial charge is 0.218 e. The van der Waals surface area contributed by atoms with E-state index >= 15 is 0 Å². The Hall–Kier alpha value is -2.88. The fourth-order valence-electron chi connectivity index (χ4n) is 2.77. The first-order chi connectivity index (χ1) is 14.0. The molecule has 3 aromatic rings. The molecule has 3 rings (SSSR count). The number of rotatable bonds is 7. The Morgan fingerprint density at radius 3 is 2.76 bits per heavy atom. The van der Waals surface area contributed by atoms with Gasteiger partial charge in [0.2, 0.25) is 5.06 Å². The van der Waals surface area contributed by atoms with Gasteiger partial charge in [0.25, 0.3) is 0 Å². The van der Waals surface area contributed by atoms with Crippen molar-refractivity contribution in [1.82, 2.24) is 9.27 Å². The van der Waals surface area contributed by atoms with Crippen LogP contribution in [0, 0.1) is 18.3 Å². The fraction of sp³-hybridized carbons (Fsp3) is 0.227. The maximum atomic E-state index is 9.64. The predicted molar refractivity (Wildman–Crippen MR) is 120 cm³/mol. The molecule has 7 heteroatoms. The number of nitriles is 1. The molecule has 0 bridgehead atoms. The number of ether oxygens (including phenoxy) is 1. The Morgan fingerprint density at radius 2 is 2.07 bits per heavy atom. The SMILES string of the molecule is CCCN(C)/C=N\c1cc(Cl)c(Oc2snc(-c3ccccc3)c2C#N)cc1C. The summed E-state index contributed by atoms with van der Waals surface area (Å²) in [7, 11) is 1.99. The first kappa shape index (κ1) is 20.8. The van der Waals surface area contributed by atoms with Gasteiger partial charge in [-0.05, 0) is 31.0 Å². The summed E-state index contributed by atoms with van der Waals surface area (Å²) >= 11 is 7.58. The molecule has 0 aliphatic carbocycles. The molecule has 0 unspecified atom stereocenters. The highest BCUT2D eigenvalue weighted by Crippen LogP contribution is 2.40. The zero-order chi connectivity index (χ0) is 20.8. The molecule has 148 valence electrons. The molecule has 0 N–H and O–H groups in total. The van der Waals surface area contributed by atoms with E-state index in [1.165, 1.54) is 0 Å². The molecule has 0 saturated carbocycles. The third-order valence-electron chi connectivity index (χ3n) is 4.24. The van der Waals surface area contributed by atoms with Crippen LogP contribution >= 0.6 is 23.1 Å². The van der Waals surface area contributed by atoms with Crippen molar-refractivity contribution in [3.05, 3.63) is 58.6 Å². The molecular weight excluding hydrogens is 404 g/mol. The Morgan fingerprint density at radius 1 is 1.31 bits per heavy atom. The average Bonchev–Trinajstić information content (AvgIpc) is 3.13. The normalized spacial score (nSPS) is 10.9. The maximum Gasteiger partial charge on any atom is 0.218 e. The van der Waals surface area contributed by atoms with Gasteiger partial charge in [-0.2, -0.15) is 9.64 Å². The van der Waals surface area contributed by atoms with Crippen molar-refractivity contribution in [3.63, 3.8) is 0 Å². The standard InChI is InChI=1S/C22H21ClN4OS/c1-4-10-27(3)14-25-19-12-18(23)20(11-15(19)2)28-22-17(13-24)21(26-29-22)16-8-6-5-7-9-16/h5-9,11-12,14H,4,10H2,1-3H3/b25-14-. The quantitative estimate of drug-likeness (QED) is 0.323. The van der Waals surface area contributed by atoms with Crippen molar-refractivity contribution in [3.8, 4) is 28.1 Å². The molecular formula is C22H21ClN4OS. The summed E-state index contributed by atoms with van der Waals surface area (Å²) in [5.74, 6) is 0.477. The van der Waals surface area contributed by atoms with Gasteiger partial charge in [-0.15, -0.1) is 0 Å². The van der Waals surface area contributed by atoms with Gasteiger partial charge in [0.05, 0.1) is 17.0 Å². The van der Waals surface area contributed by atoms with Gasteiger partial charge >= 0.3 is 0 Å². The molecule has 0 aliphatic heterocycles. The Labute approximate surface area is 180 Å². The van der Waals surface area contributed by atoms with Crippen molar-refractivity contribution in [2.45, 2.75) is 20.3 Å². The number of benzene rings is 2. The van der Waals surface area contributed by atoms with E-state index in [1.54, 1.807) is 12.4 Å². The lowest BCUT2D eigenvalue weighted by molar-refractivity contribution is 0.495. The molecule has 0 fully saturated rings. The van der Waals surface area contributed by atoms with Gasteiger partial charge in [-0.1, -0.05) is 48.9 Å². The highest BCUT2D eigenvalue weighted by molar-refractivity contribution is 7.08. The largest absolute Gasteiger partial charge is 0.442 e. The van der Waals surface area contributed by atoms with Gasteiger partial charge in [0.15, 0.2) is 0 Å². The summed E-state index contributed by atoms with van der Waals surface area (Å²) < 4.78 is 10.4. The second kappa shape index (κ2) is 9.55. The van der Waals surface area contributed by atoms with Crippen LogP contribution in [0.1, 0.15) is 24.5 Å². The maximum absolute atomic E-state index is 9.64. The number of aryl methyl sites for hydroxylation is 1. The number of aliphatic imine (C=N–C) groups is 1. The second-order valence-electron chi connectivity index (χ2n) is 6.57. The van der Waals surface area contributed by atoms with Crippen LogP contribution < -0.4 is 4.74 Å². The Kier molecular flexibility index (Phi) is 6.86. The van der Waals surface area contributed by atoms with Crippen molar-refractivity contribution >= 4 is 35.2 Å². The van der Waals surface area contributed by atoms with E-state index < -0.39 is 0 Å². The van der Waals surface area contributed by atoms with Gasteiger partial charge in [0.1, 0.15) is 23.1 Å².